The molecule has 1 heterocycles. The summed E-state index contributed by atoms with van der Waals surface area (Å²) in [4.78, 5) is 0. The topological polar surface area (TPSA) is 0 Å². The molecule has 0 spiro atoms. The van der Waals surface area contributed by atoms with Crippen molar-refractivity contribution in [3.8, 4) is 22.3 Å². The molecular formula is C52H40S. The molecule has 3 aliphatic carbocycles. The van der Waals surface area contributed by atoms with Crippen LogP contribution in [0.25, 0.3) is 75.1 Å². The lowest BCUT2D eigenvalue weighted by atomic mass is 9.66. The van der Waals surface area contributed by atoms with Crippen molar-refractivity contribution in [1.29, 1.82) is 0 Å². The minimum absolute atomic E-state index is 0.346. The van der Waals surface area contributed by atoms with Crippen molar-refractivity contribution in [2.75, 3.05) is 0 Å². The van der Waals surface area contributed by atoms with Crippen LogP contribution in [-0.2, 0) is 0 Å². The van der Waals surface area contributed by atoms with Gasteiger partial charge in [-0.2, -0.15) is 0 Å². The van der Waals surface area contributed by atoms with Crippen LogP contribution in [0.3, 0.4) is 0 Å². The van der Waals surface area contributed by atoms with Gasteiger partial charge in [-0.3, -0.25) is 0 Å². The fourth-order valence-corrected chi connectivity index (χ4v) is 11.5. The molecule has 0 saturated heterocycles. The Balaban J connectivity index is 1.15. The molecule has 0 N–H and O–H groups in total. The molecule has 7 aromatic carbocycles. The standard InChI is InChI=1S/C52H40S/c1-3-16-33(17-4-1)48-37-20-7-9-22-39(37)50(40-23-10-8-21-38(40)48)35-30-31-36-45-28-15-29-46(52(45)53-47(36)32-35)51-43-26-13-11-24-41(43)49(34-18-5-2-6-19-34)42-25-12-14-27-44(42)51/h1,3-4,7-17,20-32,34,41,43H,2,5-6,18-19H2. The summed E-state index contributed by atoms with van der Waals surface area (Å²) in [6.07, 6.45) is 16.4. The van der Waals surface area contributed by atoms with Crippen LogP contribution in [0.1, 0.15) is 37.7 Å². The highest BCUT2D eigenvalue weighted by Gasteiger charge is 2.35. The Labute approximate surface area is 314 Å². The fourth-order valence-electron chi connectivity index (χ4n) is 10.3. The summed E-state index contributed by atoms with van der Waals surface area (Å²) >= 11 is 1.97. The third-order valence-corrected chi connectivity index (χ3v) is 13.7. The van der Waals surface area contributed by atoms with E-state index in [4.69, 9.17) is 0 Å². The number of fused-ring (bicyclic) bond motifs is 7. The Kier molecular flexibility index (Phi) is 7.37. The number of benzene rings is 7. The predicted octanol–water partition coefficient (Wildman–Crippen LogP) is 13.0. The smallest absolute Gasteiger partial charge is 0.0431 e. The summed E-state index contributed by atoms with van der Waals surface area (Å²) in [6, 6.07) is 52.5. The number of rotatable bonds is 4. The van der Waals surface area contributed by atoms with Gasteiger partial charge in [-0.15, -0.1) is 11.3 Å². The molecule has 1 heteroatoms. The van der Waals surface area contributed by atoms with E-state index in [9.17, 15) is 0 Å². The van der Waals surface area contributed by atoms with Gasteiger partial charge in [0.15, 0.2) is 0 Å². The van der Waals surface area contributed by atoms with Gasteiger partial charge in [0.25, 0.3) is 0 Å². The molecule has 0 bridgehead atoms. The molecule has 11 rings (SSSR count). The normalized spacial score (nSPS) is 18.6. The molecule has 1 fully saturated rings. The van der Waals surface area contributed by atoms with Crippen LogP contribution in [0.2, 0.25) is 0 Å². The monoisotopic (exact) mass is 696 g/mol. The average molecular weight is 697 g/mol. The maximum absolute atomic E-state index is 2.51. The van der Waals surface area contributed by atoms with E-state index in [1.165, 1.54) is 118 Å². The molecule has 3 aliphatic rings. The van der Waals surface area contributed by atoms with Gasteiger partial charge in [0.05, 0.1) is 0 Å². The van der Waals surface area contributed by atoms with Crippen molar-refractivity contribution >= 4 is 64.2 Å². The van der Waals surface area contributed by atoms with Gasteiger partial charge >= 0.3 is 0 Å². The maximum atomic E-state index is 2.51. The van der Waals surface area contributed by atoms with Crippen LogP contribution in [0.4, 0.5) is 0 Å². The minimum Gasteiger partial charge on any atom is -0.135 e. The Bertz CT molecular complexity index is 2870. The van der Waals surface area contributed by atoms with Crippen LogP contribution < -0.4 is 10.4 Å². The molecule has 0 radical (unpaired) electrons. The minimum atomic E-state index is 0.346. The molecule has 2 unspecified atom stereocenters. The van der Waals surface area contributed by atoms with Gasteiger partial charge in [-0.1, -0.05) is 183 Å². The largest absolute Gasteiger partial charge is 0.135 e. The fraction of sp³-hybridized carbons (Fsp3) is 0.154. The zero-order chi connectivity index (χ0) is 34.9. The van der Waals surface area contributed by atoms with Gasteiger partial charge < -0.3 is 0 Å². The SMILES string of the molecule is C1=CC2C(c3cccc4c3sc3cc(-c5c6ccccc6c(-c6ccccc6)c6ccccc56)ccc34)=c3ccccc3=C(C3CCCCC3)C2C=C1. The first kappa shape index (κ1) is 31.1. The highest BCUT2D eigenvalue weighted by Crippen LogP contribution is 2.48. The third-order valence-electron chi connectivity index (χ3n) is 12.5. The first-order valence-corrected chi connectivity index (χ1v) is 20.3. The van der Waals surface area contributed by atoms with E-state index in [2.05, 4.69) is 164 Å². The molecule has 0 nitrogen and oxygen atoms in total. The first-order valence-electron chi connectivity index (χ1n) is 19.5. The number of thiophene rings is 1. The highest BCUT2D eigenvalue weighted by molar-refractivity contribution is 7.26. The van der Waals surface area contributed by atoms with Gasteiger partial charge in [0, 0.05) is 32.0 Å². The molecule has 0 amide bonds. The second-order valence-electron chi connectivity index (χ2n) is 15.3. The summed E-state index contributed by atoms with van der Waals surface area (Å²) in [6.45, 7) is 0. The third kappa shape index (κ3) is 4.87. The number of hydrogen-bond acceptors (Lipinski definition) is 1. The lowest BCUT2D eigenvalue weighted by Gasteiger charge is -2.37. The van der Waals surface area contributed by atoms with Crippen LogP contribution in [-0.4, -0.2) is 0 Å². The zero-order valence-corrected chi connectivity index (χ0v) is 30.6. The van der Waals surface area contributed by atoms with E-state index in [1.807, 2.05) is 11.3 Å². The van der Waals surface area contributed by atoms with E-state index in [-0.39, 0.29) is 0 Å². The molecular weight excluding hydrogens is 657 g/mol. The Morgan fingerprint density at radius 1 is 0.453 bits per heavy atom. The van der Waals surface area contributed by atoms with E-state index < -0.39 is 0 Å². The predicted molar refractivity (Wildman–Crippen MR) is 229 cm³/mol. The first-order chi connectivity index (χ1) is 26.3. The molecule has 53 heavy (non-hydrogen) atoms. The molecule has 254 valence electrons. The van der Waals surface area contributed by atoms with Crippen molar-refractivity contribution in [2.24, 2.45) is 17.8 Å². The molecule has 0 aliphatic heterocycles. The van der Waals surface area contributed by atoms with E-state index in [1.54, 1.807) is 5.57 Å². The molecule has 8 aromatic rings. The lowest BCUT2D eigenvalue weighted by molar-refractivity contribution is 0.408. The summed E-state index contributed by atoms with van der Waals surface area (Å²) in [5.74, 6) is 1.45. The van der Waals surface area contributed by atoms with E-state index in [0.29, 0.717) is 17.8 Å². The second kappa shape index (κ2) is 12.6. The highest BCUT2D eigenvalue weighted by atomic mass is 32.1. The van der Waals surface area contributed by atoms with Gasteiger partial charge in [0.1, 0.15) is 0 Å². The second-order valence-corrected chi connectivity index (χ2v) is 16.3. The summed E-state index contributed by atoms with van der Waals surface area (Å²) < 4.78 is 2.75. The van der Waals surface area contributed by atoms with Crippen LogP contribution >= 0.6 is 11.3 Å². The number of hydrogen-bond donors (Lipinski definition) is 0. The summed E-state index contributed by atoms with van der Waals surface area (Å²) in [5, 5.41) is 10.8. The Morgan fingerprint density at radius 2 is 1.06 bits per heavy atom. The van der Waals surface area contributed by atoms with Crippen molar-refractivity contribution in [1.82, 2.24) is 0 Å². The van der Waals surface area contributed by atoms with Crippen molar-refractivity contribution in [3.63, 3.8) is 0 Å². The summed E-state index contributed by atoms with van der Waals surface area (Å²) in [7, 11) is 0. The molecule has 1 aromatic heterocycles. The molecule has 2 atom stereocenters. The number of allylic oxidation sites excluding steroid dienone is 4. The van der Waals surface area contributed by atoms with Gasteiger partial charge in [-0.05, 0) is 90.2 Å². The van der Waals surface area contributed by atoms with Crippen LogP contribution in [0.15, 0.2) is 164 Å². The lowest BCUT2D eigenvalue weighted by Crippen LogP contribution is -2.42. The molecule has 1 saturated carbocycles. The van der Waals surface area contributed by atoms with Gasteiger partial charge in [0.2, 0.25) is 0 Å². The van der Waals surface area contributed by atoms with Gasteiger partial charge in [-0.25, -0.2) is 0 Å². The summed E-state index contributed by atoms with van der Waals surface area (Å²) in [5.41, 5.74) is 9.76. The van der Waals surface area contributed by atoms with E-state index in [0.717, 1.165) is 0 Å². The Morgan fingerprint density at radius 3 is 1.77 bits per heavy atom. The van der Waals surface area contributed by atoms with E-state index >= 15 is 0 Å². The van der Waals surface area contributed by atoms with Crippen molar-refractivity contribution < 1.29 is 0 Å². The van der Waals surface area contributed by atoms with Crippen molar-refractivity contribution in [2.45, 2.75) is 32.1 Å². The van der Waals surface area contributed by atoms with Crippen molar-refractivity contribution in [3.05, 3.63) is 180 Å². The zero-order valence-electron chi connectivity index (χ0n) is 29.8. The van der Waals surface area contributed by atoms with Crippen LogP contribution in [0, 0.1) is 17.8 Å². The Hall–Kier alpha value is -5.50. The quantitative estimate of drug-likeness (QED) is 0.161. The average Bonchev–Trinajstić information content (AvgIpc) is 3.61. The van der Waals surface area contributed by atoms with Crippen LogP contribution in [0.5, 0.6) is 0 Å². The maximum Gasteiger partial charge on any atom is 0.0431 e.